The van der Waals surface area contributed by atoms with Crippen LogP contribution in [-0.2, 0) is 19.6 Å². The first kappa shape index (κ1) is 23.2. The fourth-order valence-corrected chi connectivity index (χ4v) is 4.37. The molecule has 0 radical (unpaired) electrons. The average Bonchev–Trinajstić information content (AvgIpc) is 2.72. The van der Waals surface area contributed by atoms with Gasteiger partial charge in [-0.15, -0.1) is 0 Å². The van der Waals surface area contributed by atoms with Gasteiger partial charge in [-0.1, -0.05) is 42.6 Å². The van der Waals surface area contributed by atoms with Crippen LogP contribution in [0.25, 0.3) is 0 Å². The van der Waals surface area contributed by atoms with E-state index in [1.54, 1.807) is 25.3 Å². The number of methoxy groups -OCH3 is 2. The van der Waals surface area contributed by atoms with Crippen LogP contribution in [0.1, 0.15) is 43.7 Å². The van der Waals surface area contributed by atoms with Crippen LogP contribution in [0.15, 0.2) is 53.4 Å². The summed E-state index contributed by atoms with van der Waals surface area (Å²) >= 11 is 5.87. The molecule has 29 heavy (non-hydrogen) atoms. The molecule has 0 aromatic heterocycles. The third-order valence-corrected chi connectivity index (χ3v) is 6.28. The van der Waals surface area contributed by atoms with Crippen LogP contribution in [0.5, 0.6) is 5.75 Å². The van der Waals surface area contributed by atoms with Gasteiger partial charge in [0.1, 0.15) is 5.75 Å². The molecule has 0 bridgehead atoms. The number of sulfonamides is 1. The molecule has 0 heterocycles. The summed E-state index contributed by atoms with van der Waals surface area (Å²) in [7, 11) is -0.826. The molecular formula is C21H26ClNO5S. The van der Waals surface area contributed by atoms with Gasteiger partial charge in [0.25, 0.3) is 0 Å². The van der Waals surface area contributed by atoms with Crippen molar-refractivity contribution in [2.75, 3.05) is 14.2 Å². The summed E-state index contributed by atoms with van der Waals surface area (Å²) in [6.45, 7) is 0. The highest BCUT2D eigenvalue weighted by Crippen LogP contribution is 2.30. The Balaban J connectivity index is 2.16. The van der Waals surface area contributed by atoms with Gasteiger partial charge >= 0.3 is 5.97 Å². The van der Waals surface area contributed by atoms with E-state index in [-0.39, 0.29) is 10.9 Å². The highest BCUT2D eigenvalue weighted by molar-refractivity contribution is 7.89. The standard InChI is InChI=1S/C21H26ClNO5S/c1-27-20-10-7-6-8-18(20)19(9-4-3-5-11-21(24)28-2)23-29(25,26)17-14-12-16(22)13-15-17/h6-8,10,12-15,19,23H,3-5,9,11H2,1-2H3. The summed E-state index contributed by atoms with van der Waals surface area (Å²) in [6.07, 6.45) is 3.13. The summed E-state index contributed by atoms with van der Waals surface area (Å²) in [4.78, 5) is 11.4. The van der Waals surface area contributed by atoms with Crippen LogP contribution in [0, 0.1) is 0 Å². The third-order valence-electron chi connectivity index (χ3n) is 4.54. The number of ether oxygens (including phenoxy) is 2. The number of rotatable bonds is 11. The SMILES string of the molecule is COC(=O)CCCCCC(NS(=O)(=O)c1ccc(Cl)cc1)c1ccccc1OC. The molecule has 1 N–H and O–H groups in total. The van der Waals surface area contributed by atoms with Crippen LogP contribution < -0.4 is 9.46 Å². The lowest BCUT2D eigenvalue weighted by atomic mass is 10.00. The van der Waals surface area contributed by atoms with Gasteiger partial charge in [0, 0.05) is 17.0 Å². The van der Waals surface area contributed by atoms with Gasteiger partial charge in [-0.3, -0.25) is 4.79 Å². The van der Waals surface area contributed by atoms with Crippen LogP contribution in [0.2, 0.25) is 5.02 Å². The molecule has 0 saturated heterocycles. The molecule has 1 unspecified atom stereocenters. The van der Waals surface area contributed by atoms with Crippen molar-refractivity contribution in [3.8, 4) is 5.75 Å². The van der Waals surface area contributed by atoms with Gasteiger partial charge < -0.3 is 9.47 Å². The fraction of sp³-hybridized carbons (Fsp3) is 0.381. The van der Waals surface area contributed by atoms with Crippen molar-refractivity contribution in [3.63, 3.8) is 0 Å². The number of nitrogens with one attached hydrogen (secondary N) is 1. The Labute approximate surface area is 177 Å². The number of benzene rings is 2. The van der Waals surface area contributed by atoms with Gasteiger partial charge in [0.15, 0.2) is 0 Å². The minimum atomic E-state index is -3.75. The van der Waals surface area contributed by atoms with Gasteiger partial charge in [-0.05, 0) is 43.2 Å². The van der Waals surface area contributed by atoms with Gasteiger partial charge in [-0.25, -0.2) is 13.1 Å². The number of hydrogen-bond donors (Lipinski definition) is 1. The third kappa shape index (κ3) is 7.03. The van der Waals surface area contributed by atoms with Crippen LogP contribution >= 0.6 is 11.6 Å². The molecule has 6 nitrogen and oxygen atoms in total. The largest absolute Gasteiger partial charge is 0.496 e. The quantitative estimate of drug-likeness (QED) is 0.412. The Kier molecular flexibility index (Phi) is 8.95. The second-order valence-corrected chi connectivity index (χ2v) is 8.70. The summed E-state index contributed by atoms with van der Waals surface area (Å²) in [5.74, 6) is 0.376. The van der Waals surface area contributed by atoms with Crippen LogP contribution in [0.4, 0.5) is 0 Å². The van der Waals surface area contributed by atoms with Crippen LogP contribution in [-0.4, -0.2) is 28.6 Å². The lowest BCUT2D eigenvalue weighted by Gasteiger charge is -2.21. The van der Waals surface area contributed by atoms with Crippen molar-refractivity contribution >= 4 is 27.6 Å². The number of hydrogen-bond acceptors (Lipinski definition) is 5. The monoisotopic (exact) mass is 439 g/mol. The molecular weight excluding hydrogens is 414 g/mol. The van der Waals surface area contributed by atoms with E-state index in [0.717, 1.165) is 18.4 Å². The predicted molar refractivity (Wildman–Crippen MR) is 113 cm³/mol. The Morgan fingerprint density at radius 1 is 1.03 bits per heavy atom. The van der Waals surface area contributed by atoms with Crippen molar-refractivity contribution in [2.24, 2.45) is 0 Å². The van der Waals surface area contributed by atoms with Crippen molar-refractivity contribution < 1.29 is 22.7 Å². The first-order chi connectivity index (χ1) is 13.9. The summed E-state index contributed by atoms with van der Waals surface area (Å²) in [5.41, 5.74) is 0.764. The molecule has 158 valence electrons. The number of carbonyl (C=O) groups is 1. The second kappa shape index (κ2) is 11.2. The molecule has 0 aliphatic heterocycles. The first-order valence-electron chi connectivity index (χ1n) is 9.35. The Hall–Kier alpha value is -2.09. The van der Waals surface area contributed by atoms with Crippen LogP contribution in [0.3, 0.4) is 0 Å². The molecule has 1 atom stereocenters. The molecule has 0 saturated carbocycles. The smallest absolute Gasteiger partial charge is 0.305 e. The molecule has 2 aromatic rings. The lowest BCUT2D eigenvalue weighted by molar-refractivity contribution is -0.140. The predicted octanol–water partition coefficient (Wildman–Crippen LogP) is 4.49. The first-order valence-corrected chi connectivity index (χ1v) is 11.2. The zero-order valence-corrected chi connectivity index (χ0v) is 18.1. The Bertz CT molecular complexity index is 900. The molecule has 2 aromatic carbocycles. The van der Waals surface area contributed by atoms with E-state index in [1.165, 1.54) is 19.2 Å². The number of halogens is 1. The zero-order chi connectivity index (χ0) is 21.3. The van der Waals surface area contributed by atoms with Gasteiger partial charge in [0.05, 0.1) is 25.2 Å². The summed E-state index contributed by atoms with van der Waals surface area (Å²) in [6, 6.07) is 12.9. The highest BCUT2D eigenvalue weighted by Gasteiger charge is 2.23. The minimum Gasteiger partial charge on any atom is -0.496 e. The normalized spacial score (nSPS) is 12.4. The van der Waals surface area contributed by atoms with E-state index >= 15 is 0 Å². The maximum absolute atomic E-state index is 12.9. The van der Waals surface area contributed by atoms with E-state index in [0.29, 0.717) is 30.0 Å². The fourth-order valence-electron chi connectivity index (χ4n) is 3.00. The van der Waals surface area contributed by atoms with Gasteiger partial charge in [-0.2, -0.15) is 0 Å². The number of unbranched alkanes of at least 4 members (excludes halogenated alkanes) is 2. The van der Waals surface area contributed by atoms with E-state index in [2.05, 4.69) is 9.46 Å². The molecule has 8 heteroatoms. The summed E-state index contributed by atoms with van der Waals surface area (Å²) < 4.78 is 38.6. The average molecular weight is 440 g/mol. The maximum Gasteiger partial charge on any atom is 0.305 e. The topological polar surface area (TPSA) is 81.7 Å². The lowest BCUT2D eigenvalue weighted by Crippen LogP contribution is -2.29. The molecule has 0 spiro atoms. The summed E-state index contributed by atoms with van der Waals surface area (Å²) in [5, 5.41) is 0.468. The van der Waals surface area contributed by atoms with Crippen molar-refractivity contribution in [3.05, 3.63) is 59.1 Å². The highest BCUT2D eigenvalue weighted by atomic mass is 35.5. The van der Waals surface area contributed by atoms with Crippen molar-refractivity contribution in [2.45, 2.75) is 43.0 Å². The number of esters is 1. The minimum absolute atomic E-state index is 0.146. The van der Waals surface area contributed by atoms with Crippen molar-refractivity contribution in [1.29, 1.82) is 0 Å². The molecule has 0 aliphatic rings. The Morgan fingerprint density at radius 3 is 2.38 bits per heavy atom. The second-order valence-electron chi connectivity index (χ2n) is 6.55. The van der Waals surface area contributed by atoms with E-state index in [9.17, 15) is 13.2 Å². The Morgan fingerprint density at radius 2 is 1.72 bits per heavy atom. The molecule has 0 amide bonds. The number of para-hydroxylation sites is 1. The van der Waals surface area contributed by atoms with E-state index in [4.69, 9.17) is 16.3 Å². The van der Waals surface area contributed by atoms with Crippen molar-refractivity contribution in [1.82, 2.24) is 4.72 Å². The van der Waals surface area contributed by atoms with E-state index < -0.39 is 16.1 Å². The maximum atomic E-state index is 12.9. The molecule has 0 aliphatic carbocycles. The van der Waals surface area contributed by atoms with E-state index in [1.807, 2.05) is 18.2 Å². The van der Waals surface area contributed by atoms with Gasteiger partial charge in [0.2, 0.25) is 10.0 Å². The number of carbonyl (C=O) groups excluding carboxylic acids is 1. The molecule has 2 rings (SSSR count). The molecule has 0 fully saturated rings. The zero-order valence-electron chi connectivity index (χ0n) is 16.6.